The molecule has 0 radical (unpaired) electrons. The van der Waals surface area contributed by atoms with Crippen molar-refractivity contribution in [1.29, 1.82) is 0 Å². The molecule has 4 heteroatoms. The maximum Gasteiger partial charge on any atom is 0.228 e. The largest absolute Gasteiger partial charge is 0.436 e. The molecule has 0 saturated heterocycles. The molecule has 0 bridgehead atoms. The van der Waals surface area contributed by atoms with Crippen LogP contribution in [0.15, 0.2) is 52.9 Å². The van der Waals surface area contributed by atoms with E-state index in [-0.39, 0.29) is 0 Å². The van der Waals surface area contributed by atoms with E-state index >= 15 is 0 Å². The summed E-state index contributed by atoms with van der Waals surface area (Å²) in [5, 5.41) is 1.03. The smallest absolute Gasteiger partial charge is 0.228 e. The molecule has 0 unspecified atom stereocenters. The number of pyridine rings is 1. The van der Waals surface area contributed by atoms with Gasteiger partial charge in [-0.05, 0) is 37.3 Å². The van der Waals surface area contributed by atoms with Crippen molar-refractivity contribution in [2.24, 2.45) is 0 Å². The molecule has 4 rings (SSSR count). The van der Waals surface area contributed by atoms with Gasteiger partial charge in [-0.2, -0.15) is 0 Å². The molecule has 21 heavy (non-hydrogen) atoms. The van der Waals surface area contributed by atoms with Gasteiger partial charge in [0.2, 0.25) is 5.89 Å². The number of hydrogen-bond donors (Lipinski definition) is 1. The summed E-state index contributed by atoms with van der Waals surface area (Å²) in [6.07, 6.45) is 0. The Balaban J connectivity index is 2.03. The van der Waals surface area contributed by atoms with E-state index < -0.39 is 0 Å². The number of aryl methyl sites for hydroxylation is 1. The normalized spacial score (nSPS) is 11.3. The minimum atomic E-state index is 0.595. The molecule has 102 valence electrons. The summed E-state index contributed by atoms with van der Waals surface area (Å²) in [5.74, 6) is 0.595. The number of benzene rings is 2. The maximum absolute atomic E-state index is 5.88. The number of oxazole rings is 1. The monoisotopic (exact) mass is 275 g/mol. The second kappa shape index (κ2) is 4.31. The number of para-hydroxylation sites is 1. The van der Waals surface area contributed by atoms with Crippen LogP contribution in [0, 0.1) is 6.92 Å². The van der Waals surface area contributed by atoms with Crippen LogP contribution in [-0.2, 0) is 0 Å². The van der Waals surface area contributed by atoms with Crippen LogP contribution in [0.5, 0.6) is 0 Å². The Bertz CT molecular complexity index is 972. The Kier molecular flexibility index (Phi) is 2.44. The van der Waals surface area contributed by atoms with Crippen molar-refractivity contribution in [2.45, 2.75) is 6.92 Å². The van der Waals surface area contributed by atoms with Gasteiger partial charge in [-0.15, -0.1) is 0 Å². The fraction of sp³-hybridized carbons (Fsp3) is 0.0588. The number of nitrogens with two attached hydrogens (primary N) is 1. The molecule has 0 atom stereocenters. The highest BCUT2D eigenvalue weighted by atomic mass is 16.3. The lowest BCUT2D eigenvalue weighted by Gasteiger charge is -2.04. The Morgan fingerprint density at radius 1 is 0.952 bits per heavy atom. The third kappa shape index (κ3) is 1.92. The van der Waals surface area contributed by atoms with Crippen LogP contribution in [0.25, 0.3) is 33.5 Å². The van der Waals surface area contributed by atoms with E-state index in [1.165, 1.54) is 0 Å². The fourth-order valence-electron chi connectivity index (χ4n) is 2.54. The lowest BCUT2D eigenvalue weighted by Crippen LogP contribution is -1.88. The van der Waals surface area contributed by atoms with E-state index in [1.807, 2.05) is 55.5 Å². The first kappa shape index (κ1) is 11.9. The first-order valence-corrected chi connectivity index (χ1v) is 6.73. The number of rotatable bonds is 1. The zero-order valence-electron chi connectivity index (χ0n) is 11.5. The fourth-order valence-corrected chi connectivity index (χ4v) is 2.54. The van der Waals surface area contributed by atoms with E-state index in [0.717, 1.165) is 33.3 Å². The van der Waals surface area contributed by atoms with Crippen LogP contribution < -0.4 is 5.73 Å². The van der Waals surface area contributed by atoms with Crippen LogP contribution in [0.3, 0.4) is 0 Å². The molecule has 4 nitrogen and oxygen atoms in total. The van der Waals surface area contributed by atoms with Gasteiger partial charge in [0.15, 0.2) is 5.58 Å². The quantitative estimate of drug-likeness (QED) is 0.534. The minimum absolute atomic E-state index is 0.595. The highest BCUT2D eigenvalue weighted by molar-refractivity contribution is 5.93. The molecule has 2 aromatic carbocycles. The summed E-state index contributed by atoms with van der Waals surface area (Å²) in [6, 6.07) is 15.5. The van der Waals surface area contributed by atoms with Gasteiger partial charge in [0.1, 0.15) is 5.52 Å². The highest BCUT2D eigenvalue weighted by Gasteiger charge is 2.12. The number of fused-ring (bicyclic) bond motifs is 2. The predicted molar refractivity (Wildman–Crippen MR) is 83.9 cm³/mol. The van der Waals surface area contributed by atoms with Gasteiger partial charge in [-0.1, -0.05) is 18.2 Å². The van der Waals surface area contributed by atoms with Crippen molar-refractivity contribution in [2.75, 3.05) is 5.73 Å². The first-order valence-electron chi connectivity index (χ1n) is 6.73. The summed E-state index contributed by atoms with van der Waals surface area (Å²) >= 11 is 0. The lowest BCUT2D eigenvalue weighted by atomic mass is 10.1. The molecule has 2 heterocycles. The van der Waals surface area contributed by atoms with Gasteiger partial charge >= 0.3 is 0 Å². The lowest BCUT2D eigenvalue weighted by molar-refractivity contribution is 0.620. The molecular weight excluding hydrogens is 262 g/mol. The van der Waals surface area contributed by atoms with E-state index in [2.05, 4.69) is 9.97 Å². The Hall–Kier alpha value is -2.88. The number of aromatic nitrogens is 2. The predicted octanol–water partition coefficient (Wildman–Crippen LogP) is 3.93. The summed E-state index contributed by atoms with van der Waals surface area (Å²) in [5.41, 5.74) is 10.8. The van der Waals surface area contributed by atoms with E-state index in [0.29, 0.717) is 11.6 Å². The second-order valence-corrected chi connectivity index (χ2v) is 5.07. The highest BCUT2D eigenvalue weighted by Crippen LogP contribution is 2.30. The standard InChI is InChI=1S/C17H13N3O/c1-10-8-13(12-4-2-3-5-14(12)19-10)17-20-15-9-11(18)6-7-16(15)21-17/h2-9H,18H2,1H3. The second-order valence-electron chi connectivity index (χ2n) is 5.07. The van der Waals surface area contributed by atoms with Crippen molar-refractivity contribution in [3.63, 3.8) is 0 Å². The molecule has 2 aromatic heterocycles. The number of nitrogen functional groups attached to an aromatic ring is 1. The van der Waals surface area contributed by atoms with Crippen LogP contribution in [-0.4, -0.2) is 9.97 Å². The average molecular weight is 275 g/mol. The molecule has 0 aliphatic carbocycles. The molecule has 0 aliphatic heterocycles. The number of anilines is 1. The van der Waals surface area contributed by atoms with Crippen molar-refractivity contribution in [3.8, 4) is 11.5 Å². The number of hydrogen-bond acceptors (Lipinski definition) is 4. The summed E-state index contributed by atoms with van der Waals surface area (Å²) in [4.78, 5) is 9.10. The van der Waals surface area contributed by atoms with Gasteiger partial charge in [0.05, 0.1) is 5.52 Å². The Morgan fingerprint density at radius 2 is 1.81 bits per heavy atom. The molecule has 2 N–H and O–H groups in total. The van der Waals surface area contributed by atoms with Crippen molar-refractivity contribution in [1.82, 2.24) is 9.97 Å². The van der Waals surface area contributed by atoms with E-state index in [9.17, 15) is 0 Å². The van der Waals surface area contributed by atoms with Gasteiger partial charge in [-0.3, -0.25) is 4.98 Å². The topological polar surface area (TPSA) is 64.9 Å². The maximum atomic E-state index is 5.88. The van der Waals surface area contributed by atoms with Crippen molar-refractivity contribution < 1.29 is 4.42 Å². The van der Waals surface area contributed by atoms with E-state index in [4.69, 9.17) is 10.2 Å². The Labute approximate surface area is 121 Å². The SMILES string of the molecule is Cc1cc(-c2nc3cc(N)ccc3o2)c2ccccc2n1. The summed E-state index contributed by atoms with van der Waals surface area (Å²) in [6.45, 7) is 1.97. The van der Waals surface area contributed by atoms with E-state index in [1.54, 1.807) is 0 Å². The average Bonchev–Trinajstić information content (AvgIpc) is 2.89. The zero-order chi connectivity index (χ0) is 14.4. The van der Waals surface area contributed by atoms with Gasteiger partial charge in [0, 0.05) is 22.3 Å². The van der Waals surface area contributed by atoms with Crippen molar-refractivity contribution >= 4 is 27.7 Å². The van der Waals surface area contributed by atoms with Crippen LogP contribution >= 0.6 is 0 Å². The molecule has 0 aliphatic rings. The van der Waals surface area contributed by atoms with Gasteiger partial charge < -0.3 is 10.2 Å². The van der Waals surface area contributed by atoms with Crippen LogP contribution in [0.1, 0.15) is 5.69 Å². The third-order valence-corrected chi connectivity index (χ3v) is 3.49. The van der Waals surface area contributed by atoms with Gasteiger partial charge in [0.25, 0.3) is 0 Å². The Morgan fingerprint density at radius 3 is 2.71 bits per heavy atom. The molecule has 0 fully saturated rings. The molecule has 4 aromatic rings. The van der Waals surface area contributed by atoms with Crippen LogP contribution in [0.4, 0.5) is 5.69 Å². The summed E-state index contributed by atoms with van der Waals surface area (Å²) < 4.78 is 5.88. The van der Waals surface area contributed by atoms with Gasteiger partial charge in [-0.25, -0.2) is 4.98 Å². The number of nitrogens with zero attached hydrogens (tertiary/aromatic N) is 2. The molecular formula is C17H13N3O. The van der Waals surface area contributed by atoms with Crippen LogP contribution in [0.2, 0.25) is 0 Å². The molecule has 0 amide bonds. The molecule has 0 saturated carbocycles. The molecule has 0 spiro atoms. The third-order valence-electron chi connectivity index (χ3n) is 3.49. The summed E-state index contributed by atoms with van der Waals surface area (Å²) in [7, 11) is 0. The zero-order valence-corrected chi connectivity index (χ0v) is 11.5. The van der Waals surface area contributed by atoms with Crippen molar-refractivity contribution in [3.05, 3.63) is 54.2 Å². The minimum Gasteiger partial charge on any atom is -0.436 e. The first-order chi connectivity index (χ1) is 10.2.